The van der Waals surface area contributed by atoms with Gasteiger partial charge in [-0.2, -0.15) is 0 Å². The molecular weight excluding hydrogens is 256 g/mol. The van der Waals surface area contributed by atoms with Crippen LogP contribution in [0.25, 0.3) is 0 Å². The fraction of sp³-hybridized carbons (Fsp3) is 0.467. The monoisotopic (exact) mass is 276 g/mol. The van der Waals surface area contributed by atoms with Crippen LogP contribution in [0.1, 0.15) is 22.3 Å². The first-order valence-corrected chi connectivity index (χ1v) is 6.87. The molecule has 108 valence electrons. The molecule has 20 heavy (non-hydrogen) atoms. The van der Waals surface area contributed by atoms with Crippen LogP contribution >= 0.6 is 0 Å². The minimum atomic E-state index is -0.816. The number of hydrogen-bond acceptors (Lipinski definition) is 3. The first-order chi connectivity index (χ1) is 9.58. The summed E-state index contributed by atoms with van der Waals surface area (Å²) in [5.41, 5.74) is 1.71. The number of carboxylic acids is 1. The predicted molar refractivity (Wildman–Crippen MR) is 75.8 cm³/mol. The second-order valence-corrected chi connectivity index (χ2v) is 5.13. The van der Waals surface area contributed by atoms with Gasteiger partial charge in [0.05, 0.1) is 6.54 Å². The number of amides is 1. The lowest BCUT2D eigenvalue weighted by Gasteiger charge is -2.22. The summed E-state index contributed by atoms with van der Waals surface area (Å²) in [7, 11) is 0. The van der Waals surface area contributed by atoms with E-state index < -0.39 is 5.97 Å². The summed E-state index contributed by atoms with van der Waals surface area (Å²) in [5, 5.41) is 8.82. The van der Waals surface area contributed by atoms with Gasteiger partial charge in [0.1, 0.15) is 0 Å². The van der Waals surface area contributed by atoms with Gasteiger partial charge in [-0.1, -0.05) is 18.2 Å². The highest BCUT2D eigenvalue weighted by Gasteiger charge is 2.21. The molecule has 0 aliphatic carbocycles. The second kappa shape index (κ2) is 6.52. The van der Waals surface area contributed by atoms with E-state index in [2.05, 4.69) is 0 Å². The van der Waals surface area contributed by atoms with Gasteiger partial charge in [0.2, 0.25) is 0 Å². The van der Waals surface area contributed by atoms with Crippen molar-refractivity contribution in [1.82, 2.24) is 9.80 Å². The molecule has 1 amide bonds. The Hall–Kier alpha value is -1.88. The fourth-order valence-corrected chi connectivity index (χ4v) is 2.51. The molecule has 0 aromatic heterocycles. The number of nitrogens with zero attached hydrogens (tertiary/aromatic N) is 2. The largest absolute Gasteiger partial charge is 0.480 e. The summed E-state index contributed by atoms with van der Waals surface area (Å²) < 4.78 is 0. The van der Waals surface area contributed by atoms with Crippen molar-refractivity contribution in [2.45, 2.75) is 13.3 Å². The third-order valence-corrected chi connectivity index (χ3v) is 3.61. The fourth-order valence-electron chi connectivity index (χ4n) is 2.51. The Kier molecular flexibility index (Phi) is 4.74. The van der Waals surface area contributed by atoms with Crippen LogP contribution in [-0.4, -0.2) is 59.5 Å². The quantitative estimate of drug-likeness (QED) is 0.902. The Morgan fingerprint density at radius 1 is 1.15 bits per heavy atom. The van der Waals surface area contributed by atoms with Crippen molar-refractivity contribution in [2.75, 3.05) is 32.7 Å². The van der Waals surface area contributed by atoms with Crippen LogP contribution in [0.3, 0.4) is 0 Å². The third-order valence-electron chi connectivity index (χ3n) is 3.61. The molecular formula is C15H20N2O3. The van der Waals surface area contributed by atoms with Gasteiger partial charge in [-0.25, -0.2) is 0 Å². The molecule has 1 aliphatic rings. The molecule has 1 fully saturated rings. The molecule has 1 heterocycles. The molecule has 0 saturated carbocycles. The van der Waals surface area contributed by atoms with Crippen LogP contribution in [0.2, 0.25) is 0 Å². The second-order valence-electron chi connectivity index (χ2n) is 5.13. The Morgan fingerprint density at radius 3 is 2.60 bits per heavy atom. The van der Waals surface area contributed by atoms with E-state index in [1.807, 2.05) is 41.0 Å². The molecule has 0 bridgehead atoms. The van der Waals surface area contributed by atoms with E-state index in [-0.39, 0.29) is 12.5 Å². The number of carbonyl (C=O) groups excluding carboxylic acids is 1. The SMILES string of the molecule is Cc1ccccc1C(=O)N1CCCN(CC(=O)O)CC1. The molecule has 1 saturated heterocycles. The van der Waals surface area contributed by atoms with E-state index >= 15 is 0 Å². The maximum Gasteiger partial charge on any atom is 0.317 e. The van der Waals surface area contributed by atoms with Crippen LogP contribution < -0.4 is 0 Å². The van der Waals surface area contributed by atoms with Gasteiger partial charge >= 0.3 is 5.97 Å². The molecule has 0 atom stereocenters. The van der Waals surface area contributed by atoms with Crippen molar-refractivity contribution in [3.63, 3.8) is 0 Å². The molecule has 0 radical (unpaired) electrons. The molecule has 5 nitrogen and oxygen atoms in total. The number of hydrogen-bond donors (Lipinski definition) is 1. The molecule has 2 rings (SSSR count). The van der Waals surface area contributed by atoms with Crippen LogP contribution in [0.15, 0.2) is 24.3 Å². The van der Waals surface area contributed by atoms with E-state index in [0.717, 1.165) is 24.1 Å². The molecule has 1 aromatic carbocycles. The Balaban J connectivity index is 2.02. The van der Waals surface area contributed by atoms with E-state index in [1.54, 1.807) is 0 Å². The zero-order valence-electron chi connectivity index (χ0n) is 11.7. The van der Waals surface area contributed by atoms with E-state index in [4.69, 9.17) is 5.11 Å². The Morgan fingerprint density at radius 2 is 1.90 bits per heavy atom. The van der Waals surface area contributed by atoms with Crippen LogP contribution in [-0.2, 0) is 4.79 Å². The third kappa shape index (κ3) is 3.57. The first-order valence-electron chi connectivity index (χ1n) is 6.87. The van der Waals surface area contributed by atoms with Crippen LogP contribution in [0, 0.1) is 6.92 Å². The molecule has 1 aromatic rings. The van der Waals surface area contributed by atoms with Crippen molar-refractivity contribution in [3.05, 3.63) is 35.4 Å². The van der Waals surface area contributed by atoms with Gasteiger partial charge in [0.25, 0.3) is 5.91 Å². The topological polar surface area (TPSA) is 60.9 Å². The number of carboxylic acid groups (broad SMARTS) is 1. The molecule has 5 heteroatoms. The van der Waals surface area contributed by atoms with Gasteiger partial charge in [0.15, 0.2) is 0 Å². The number of benzene rings is 1. The standard InChI is InChI=1S/C15H20N2O3/c1-12-5-2-3-6-13(12)15(20)17-8-4-7-16(9-10-17)11-14(18)19/h2-3,5-6H,4,7-11H2,1H3,(H,18,19). The van der Waals surface area contributed by atoms with Crippen molar-refractivity contribution in [1.29, 1.82) is 0 Å². The minimum Gasteiger partial charge on any atom is -0.480 e. The maximum absolute atomic E-state index is 12.5. The molecule has 0 unspecified atom stereocenters. The average molecular weight is 276 g/mol. The summed E-state index contributed by atoms with van der Waals surface area (Å²) in [6.07, 6.45) is 0.810. The van der Waals surface area contributed by atoms with Crippen molar-refractivity contribution in [3.8, 4) is 0 Å². The highest BCUT2D eigenvalue weighted by molar-refractivity contribution is 5.95. The highest BCUT2D eigenvalue weighted by atomic mass is 16.4. The van der Waals surface area contributed by atoms with Gasteiger partial charge in [-0.15, -0.1) is 0 Å². The van der Waals surface area contributed by atoms with E-state index in [0.29, 0.717) is 19.6 Å². The minimum absolute atomic E-state index is 0.0419. The smallest absolute Gasteiger partial charge is 0.317 e. The predicted octanol–water partition coefficient (Wildman–Crippen LogP) is 1.23. The highest BCUT2D eigenvalue weighted by Crippen LogP contribution is 2.12. The summed E-state index contributed by atoms with van der Waals surface area (Å²) in [5.74, 6) is -0.774. The zero-order valence-corrected chi connectivity index (χ0v) is 11.7. The van der Waals surface area contributed by atoms with Crippen molar-refractivity contribution in [2.24, 2.45) is 0 Å². The van der Waals surface area contributed by atoms with Crippen molar-refractivity contribution >= 4 is 11.9 Å². The average Bonchev–Trinajstić information content (AvgIpc) is 2.63. The lowest BCUT2D eigenvalue weighted by atomic mass is 10.1. The van der Waals surface area contributed by atoms with Crippen molar-refractivity contribution < 1.29 is 14.7 Å². The summed E-state index contributed by atoms with van der Waals surface area (Å²) in [6, 6.07) is 7.57. The van der Waals surface area contributed by atoms with Gasteiger partial charge in [0, 0.05) is 31.7 Å². The lowest BCUT2D eigenvalue weighted by molar-refractivity contribution is -0.138. The van der Waals surface area contributed by atoms with Crippen LogP contribution in [0.4, 0.5) is 0 Å². The van der Waals surface area contributed by atoms with E-state index in [9.17, 15) is 9.59 Å². The normalized spacial score (nSPS) is 16.8. The summed E-state index contributed by atoms with van der Waals surface area (Å²) >= 11 is 0. The number of rotatable bonds is 3. The van der Waals surface area contributed by atoms with Gasteiger partial charge < -0.3 is 10.0 Å². The summed E-state index contributed by atoms with van der Waals surface area (Å²) in [6.45, 7) is 4.59. The number of aryl methyl sites for hydroxylation is 1. The van der Waals surface area contributed by atoms with Crippen LogP contribution in [0.5, 0.6) is 0 Å². The molecule has 1 N–H and O–H groups in total. The number of carbonyl (C=O) groups is 2. The lowest BCUT2D eigenvalue weighted by Crippen LogP contribution is -2.36. The van der Waals surface area contributed by atoms with E-state index in [1.165, 1.54) is 0 Å². The number of aliphatic carboxylic acids is 1. The zero-order chi connectivity index (χ0) is 14.5. The molecule has 1 aliphatic heterocycles. The maximum atomic E-state index is 12.5. The van der Waals surface area contributed by atoms with Gasteiger partial charge in [-0.05, 0) is 25.0 Å². The Labute approximate surface area is 118 Å². The van der Waals surface area contributed by atoms with Gasteiger partial charge in [-0.3, -0.25) is 14.5 Å². The first kappa shape index (κ1) is 14.5. The Bertz CT molecular complexity index is 502. The molecule has 0 spiro atoms. The summed E-state index contributed by atoms with van der Waals surface area (Å²) in [4.78, 5) is 26.9.